The number of hydrogen-bond acceptors (Lipinski definition) is 7. The molecule has 11 nitrogen and oxygen atoms in total. The van der Waals surface area contributed by atoms with Crippen LogP contribution in [0.15, 0.2) is 66.9 Å². The molecule has 35 heavy (non-hydrogen) atoms. The molecule has 1 fully saturated rings. The van der Waals surface area contributed by atoms with Crippen LogP contribution >= 0.6 is 0 Å². The largest absolute Gasteiger partial charge is 0.398 e. The van der Waals surface area contributed by atoms with Crippen molar-refractivity contribution < 1.29 is 19.3 Å². The first-order chi connectivity index (χ1) is 16.8. The molecule has 4 amide bonds. The lowest BCUT2D eigenvalue weighted by molar-refractivity contribution is -0.384. The maximum atomic E-state index is 13.0. The Hall–Kier alpha value is -4.80. The zero-order valence-corrected chi connectivity index (χ0v) is 18.6. The number of nitrogens with zero attached hydrogens (tertiary/aromatic N) is 4. The summed E-state index contributed by atoms with van der Waals surface area (Å²) in [5.41, 5.74) is 7.41. The lowest BCUT2D eigenvalue weighted by Gasteiger charge is -2.33. The molecule has 4 rings (SSSR count). The summed E-state index contributed by atoms with van der Waals surface area (Å²) in [5.74, 6) is -0.538. The van der Waals surface area contributed by atoms with Crippen LogP contribution in [0.4, 0.5) is 22.0 Å². The smallest absolute Gasteiger partial charge is 0.332 e. The Morgan fingerprint density at radius 2 is 1.80 bits per heavy atom. The highest BCUT2D eigenvalue weighted by Gasteiger charge is 2.33. The Kier molecular flexibility index (Phi) is 6.67. The molecule has 0 aliphatic carbocycles. The first-order valence-electron chi connectivity index (χ1n) is 10.8. The summed E-state index contributed by atoms with van der Waals surface area (Å²) in [6, 6.07) is 15.0. The summed E-state index contributed by atoms with van der Waals surface area (Å²) in [6.45, 7) is 0.833. The molecule has 3 aromatic rings. The van der Waals surface area contributed by atoms with Crippen molar-refractivity contribution in [3.63, 3.8) is 0 Å². The van der Waals surface area contributed by atoms with E-state index >= 15 is 0 Å². The van der Waals surface area contributed by atoms with Crippen LogP contribution in [-0.2, 0) is 6.54 Å². The molecule has 3 N–H and O–H groups in total. The van der Waals surface area contributed by atoms with Gasteiger partial charge in [0.05, 0.1) is 16.1 Å². The number of non-ortho nitro benzene ring substituents is 1. The number of nitrogens with one attached hydrogen (secondary N) is 1. The number of aromatic nitrogens is 1. The minimum atomic E-state index is -0.507. The van der Waals surface area contributed by atoms with E-state index in [1.165, 1.54) is 29.3 Å². The zero-order valence-electron chi connectivity index (χ0n) is 18.6. The van der Waals surface area contributed by atoms with Gasteiger partial charge in [-0.1, -0.05) is 24.3 Å². The van der Waals surface area contributed by atoms with Crippen molar-refractivity contribution in [2.24, 2.45) is 0 Å². The normalized spacial score (nSPS) is 13.4. The number of hydrogen-bond donors (Lipinski definition) is 2. The second-order valence-electron chi connectivity index (χ2n) is 7.84. The van der Waals surface area contributed by atoms with E-state index in [2.05, 4.69) is 10.3 Å². The Morgan fingerprint density at radius 1 is 1.06 bits per heavy atom. The van der Waals surface area contributed by atoms with Gasteiger partial charge >= 0.3 is 6.03 Å². The van der Waals surface area contributed by atoms with E-state index in [-0.39, 0.29) is 35.8 Å². The Labute approximate surface area is 200 Å². The first-order valence-corrected chi connectivity index (χ1v) is 10.8. The van der Waals surface area contributed by atoms with Gasteiger partial charge in [-0.3, -0.25) is 29.5 Å². The fourth-order valence-corrected chi connectivity index (χ4v) is 3.66. The SMILES string of the molecule is Nc1ccccc1C(=O)N1CCCN(c2ccc(C(=O)NCc3ccc([N+](=O)[O-])cc3)cn2)C1=O. The molecule has 1 saturated heterocycles. The summed E-state index contributed by atoms with van der Waals surface area (Å²) in [7, 11) is 0. The summed E-state index contributed by atoms with van der Waals surface area (Å²) >= 11 is 0. The predicted molar refractivity (Wildman–Crippen MR) is 128 cm³/mol. The van der Waals surface area contributed by atoms with Crippen LogP contribution in [0.25, 0.3) is 0 Å². The maximum absolute atomic E-state index is 13.0. The van der Waals surface area contributed by atoms with Gasteiger partial charge in [0.2, 0.25) is 0 Å². The van der Waals surface area contributed by atoms with Crippen molar-refractivity contribution in [1.29, 1.82) is 0 Å². The number of carbonyl (C=O) groups excluding carboxylic acids is 3. The molecular weight excluding hydrogens is 452 g/mol. The number of carbonyl (C=O) groups is 3. The molecule has 2 aromatic carbocycles. The van der Waals surface area contributed by atoms with Crippen LogP contribution in [0.5, 0.6) is 0 Å². The van der Waals surface area contributed by atoms with Gasteiger partial charge < -0.3 is 11.1 Å². The molecule has 178 valence electrons. The summed E-state index contributed by atoms with van der Waals surface area (Å²) in [6.07, 6.45) is 1.91. The predicted octanol–water partition coefficient (Wildman–Crippen LogP) is 2.97. The van der Waals surface area contributed by atoms with Crippen LogP contribution in [0.1, 0.15) is 32.7 Å². The van der Waals surface area contributed by atoms with E-state index in [1.807, 2.05) is 0 Å². The number of rotatable bonds is 6. The molecule has 1 aliphatic rings. The van der Waals surface area contributed by atoms with Gasteiger partial charge in [0.15, 0.2) is 0 Å². The van der Waals surface area contributed by atoms with Gasteiger partial charge in [-0.15, -0.1) is 0 Å². The number of para-hydroxylation sites is 1. The third-order valence-electron chi connectivity index (χ3n) is 5.55. The Balaban J connectivity index is 1.40. The topological polar surface area (TPSA) is 152 Å². The van der Waals surface area contributed by atoms with Crippen LogP contribution in [-0.4, -0.2) is 45.7 Å². The lowest BCUT2D eigenvalue weighted by Crippen LogP contribution is -2.52. The van der Waals surface area contributed by atoms with Crippen molar-refractivity contribution >= 4 is 35.0 Å². The number of amides is 4. The second kappa shape index (κ2) is 10.00. The van der Waals surface area contributed by atoms with Crippen molar-refractivity contribution in [3.8, 4) is 0 Å². The number of pyridine rings is 1. The van der Waals surface area contributed by atoms with Crippen molar-refractivity contribution in [2.75, 3.05) is 23.7 Å². The standard InChI is InChI=1S/C24H22N6O5/c25-20-5-2-1-4-19(20)23(32)29-13-3-12-28(24(29)33)21-11-8-17(15-26-21)22(31)27-14-16-6-9-18(10-7-16)30(34)35/h1-2,4-11,15H,3,12-14,25H2,(H,27,31). The number of nitrogen functional groups attached to an aromatic ring is 1. The van der Waals surface area contributed by atoms with Gasteiger partial charge in [-0.25, -0.2) is 9.78 Å². The highest BCUT2D eigenvalue weighted by molar-refractivity contribution is 6.11. The number of nitrogens with two attached hydrogens (primary N) is 1. The highest BCUT2D eigenvalue weighted by Crippen LogP contribution is 2.22. The van der Waals surface area contributed by atoms with E-state index in [4.69, 9.17) is 5.73 Å². The number of benzene rings is 2. The van der Waals surface area contributed by atoms with E-state index in [1.54, 1.807) is 42.5 Å². The second-order valence-corrected chi connectivity index (χ2v) is 7.84. The quantitative estimate of drug-likeness (QED) is 0.316. The molecule has 1 aromatic heterocycles. The van der Waals surface area contributed by atoms with Crippen molar-refractivity contribution in [1.82, 2.24) is 15.2 Å². The number of nitro groups is 1. The minimum Gasteiger partial charge on any atom is -0.398 e. The Morgan fingerprint density at radius 3 is 2.46 bits per heavy atom. The Bertz CT molecular complexity index is 1280. The van der Waals surface area contributed by atoms with Gasteiger partial charge in [-0.05, 0) is 36.2 Å². The lowest BCUT2D eigenvalue weighted by atomic mass is 10.1. The van der Waals surface area contributed by atoms with Crippen molar-refractivity contribution in [3.05, 3.63) is 93.7 Å². The van der Waals surface area contributed by atoms with Gasteiger partial charge in [0, 0.05) is 43.7 Å². The third-order valence-corrected chi connectivity index (χ3v) is 5.55. The van der Waals surface area contributed by atoms with E-state index in [9.17, 15) is 24.5 Å². The molecule has 0 atom stereocenters. The van der Waals surface area contributed by atoms with Crippen LogP contribution in [0, 0.1) is 10.1 Å². The van der Waals surface area contributed by atoms with E-state index < -0.39 is 16.9 Å². The monoisotopic (exact) mass is 474 g/mol. The van der Waals surface area contributed by atoms with Crippen molar-refractivity contribution in [2.45, 2.75) is 13.0 Å². The molecular formula is C24H22N6O5. The molecule has 1 aliphatic heterocycles. The third kappa shape index (κ3) is 5.08. The van der Waals surface area contributed by atoms with Gasteiger partial charge in [0.1, 0.15) is 5.82 Å². The number of nitro benzene ring substituents is 1. The van der Waals surface area contributed by atoms with Crippen LogP contribution in [0.3, 0.4) is 0 Å². The fraction of sp³-hybridized carbons (Fsp3) is 0.167. The van der Waals surface area contributed by atoms with Crippen LogP contribution < -0.4 is 16.0 Å². The summed E-state index contributed by atoms with van der Waals surface area (Å²) < 4.78 is 0. The maximum Gasteiger partial charge on any atom is 0.332 e. The number of anilines is 2. The summed E-state index contributed by atoms with van der Waals surface area (Å²) in [4.78, 5) is 55.4. The number of urea groups is 1. The molecule has 0 saturated carbocycles. The van der Waals surface area contributed by atoms with E-state index in [0.717, 1.165) is 4.90 Å². The minimum absolute atomic E-state index is 0.0281. The van der Waals surface area contributed by atoms with E-state index in [0.29, 0.717) is 30.0 Å². The fourth-order valence-electron chi connectivity index (χ4n) is 3.66. The molecule has 0 unspecified atom stereocenters. The average molecular weight is 474 g/mol. The van der Waals surface area contributed by atoms with Gasteiger partial charge in [0.25, 0.3) is 17.5 Å². The molecule has 0 radical (unpaired) electrons. The average Bonchev–Trinajstić information content (AvgIpc) is 2.87. The molecule has 2 heterocycles. The molecule has 11 heteroatoms. The zero-order chi connectivity index (χ0) is 24.9. The molecule has 0 spiro atoms. The molecule has 0 bridgehead atoms. The summed E-state index contributed by atoms with van der Waals surface area (Å²) in [5, 5.41) is 13.5. The number of imide groups is 1. The van der Waals surface area contributed by atoms with Gasteiger partial charge in [-0.2, -0.15) is 0 Å². The van der Waals surface area contributed by atoms with Crippen LogP contribution in [0.2, 0.25) is 0 Å². The first kappa shape index (κ1) is 23.4. The highest BCUT2D eigenvalue weighted by atomic mass is 16.6.